The Balaban J connectivity index is 1.74. The van der Waals surface area contributed by atoms with E-state index in [-0.39, 0.29) is 29.9 Å². The van der Waals surface area contributed by atoms with Gasteiger partial charge in [-0.25, -0.2) is 0 Å². The summed E-state index contributed by atoms with van der Waals surface area (Å²) in [4.78, 5) is 24.5. The van der Waals surface area contributed by atoms with Crippen molar-refractivity contribution in [2.45, 2.75) is 12.3 Å². The van der Waals surface area contributed by atoms with E-state index >= 15 is 0 Å². The quantitative estimate of drug-likeness (QED) is 0.725. The van der Waals surface area contributed by atoms with Gasteiger partial charge in [0, 0.05) is 23.0 Å². The highest BCUT2D eigenvalue weighted by Gasteiger charge is 2.29. The summed E-state index contributed by atoms with van der Waals surface area (Å²) in [6.45, 7) is 0. The van der Waals surface area contributed by atoms with Crippen LogP contribution in [0.5, 0.6) is 5.75 Å². The highest BCUT2D eigenvalue weighted by atomic mass is 35.5. The average molecular weight is 428 g/mol. The fraction of sp³-hybridized carbons (Fsp3) is 0.190. The predicted molar refractivity (Wildman–Crippen MR) is 114 cm³/mol. The van der Waals surface area contributed by atoms with Gasteiger partial charge in [-0.1, -0.05) is 41.6 Å². The molecule has 0 bridgehead atoms. The molecule has 1 heterocycles. The first-order chi connectivity index (χ1) is 14.0. The Morgan fingerprint density at radius 2 is 2.10 bits per heavy atom. The Kier molecular flexibility index (Phi) is 6.81. The van der Waals surface area contributed by atoms with E-state index in [1.807, 2.05) is 12.1 Å². The van der Waals surface area contributed by atoms with Gasteiger partial charge in [0.25, 0.3) is 0 Å². The first-order valence-electron chi connectivity index (χ1n) is 8.76. The second-order valence-corrected chi connectivity index (χ2v) is 7.70. The van der Waals surface area contributed by atoms with Gasteiger partial charge in [0.05, 0.1) is 29.5 Å². The van der Waals surface area contributed by atoms with Gasteiger partial charge < -0.3 is 15.4 Å². The summed E-state index contributed by atoms with van der Waals surface area (Å²) in [5.41, 5.74) is 1.87. The van der Waals surface area contributed by atoms with E-state index in [1.165, 1.54) is 0 Å². The number of ether oxygens (including phenoxy) is 1. The largest absolute Gasteiger partial charge is 0.497 e. The SMILES string of the molecule is COc1ccc([C@@H]2CC(=O)NC(SCC(=O)Nc3cccc(Cl)c3)=C2C#N)cc1. The Morgan fingerprint density at radius 1 is 1.34 bits per heavy atom. The standard InChI is InChI=1S/C21H18ClN3O3S/c1-28-16-7-5-13(6-8-16)17-10-19(26)25-21(18(17)11-23)29-12-20(27)24-15-4-2-3-14(22)9-15/h2-9,17H,10,12H2,1H3,(H,24,27)(H,25,26)/t17-/m0/s1. The highest BCUT2D eigenvalue weighted by Crippen LogP contribution is 2.36. The summed E-state index contributed by atoms with van der Waals surface area (Å²) in [6.07, 6.45) is 0.175. The molecule has 1 aliphatic rings. The fourth-order valence-corrected chi connectivity index (χ4v) is 4.02. The van der Waals surface area contributed by atoms with Crippen molar-refractivity contribution in [3.05, 3.63) is 69.7 Å². The Morgan fingerprint density at radius 3 is 2.76 bits per heavy atom. The topological polar surface area (TPSA) is 91.2 Å². The van der Waals surface area contributed by atoms with Gasteiger partial charge in [-0.15, -0.1) is 0 Å². The van der Waals surface area contributed by atoms with E-state index in [2.05, 4.69) is 16.7 Å². The van der Waals surface area contributed by atoms with Crippen molar-refractivity contribution in [2.24, 2.45) is 0 Å². The van der Waals surface area contributed by atoms with Crippen LogP contribution in [0.1, 0.15) is 17.9 Å². The van der Waals surface area contributed by atoms with Gasteiger partial charge >= 0.3 is 0 Å². The molecule has 6 nitrogen and oxygen atoms in total. The van der Waals surface area contributed by atoms with Crippen LogP contribution in [0, 0.1) is 11.3 Å². The number of nitriles is 1. The fourth-order valence-electron chi connectivity index (χ4n) is 2.95. The maximum Gasteiger partial charge on any atom is 0.234 e. The molecule has 0 spiro atoms. The molecule has 8 heteroatoms. The van der Waals surface area contributed by atoms with Crippen LogP contribution in [0.25, 0.3) is 0 Å². The summed E-state index contributed by atoms with van der Waals surface area (Å²) in [7, 11) is 1.58. The molecular formula is C21H18ClN3O3S. The molecule has 0 saturated carbocycles. The van der Waals surface area contributed by atoms with Crippen LogP contribution in [0.4, 0.5) is 5.69 Å². The normalized spacial score (nSPS) is 16.0. The van der Waals surface area contributed by atoms with Crippen molar-refractivity contribution in [1.29, 1.82) is 5.26 Å². The molecule has 2 amide bonds. The number of hydrogen-bond acceptors (Lipinski definition) is 5. The van der Waals surface area contributed by atoms with E-state index in [9.17, 15) is 14.9 Å². The molecule has 3 rings (SSSR count). The van der Waals surface area contributed by atoms with Crippen LogP contribution in [0.2, 0.25) is 5.02 Å². The molecule has 2 aromatic rings. The van der Waals surface area contributed by atoms with Crippen molar-refractivity contribution in [3.8, 4) is 11.8 Å². The maximum atomic E-state index is 12.3. The summed E-state index contributed by atoms with van der Waals surface area (Å²) in [6, 6.07) is 16.3. The number of benzene rings is 2. The number of rotatable bonds is 6. The van der Waals surface area contributed by atoms with Gasteiger partial charge in [0.15, 0.2) is 0 Å². The number of nitrogens with zero attached hydrogens (tertiary/aromatic N) is 1. The first-order valence-corrected chi connectivity index (χ1v) is 10.1. The highest BCUT2D eigenvalue weighted by molar-refractivity contribution is 8.03. The van der Waals surface area contributed by atoms with Crippen molar-refractivity contribution >= 4 is 40.9 Å². The molecular weight excluding hydrogens is 410 g/mol. The molecule has 0 fully saturated rings. The number of hydrogen-bond donors (Lipinski definition) is 2. The molecule has 2 aromatic carbocycles. The van der Waals surface area contributed by atoms with Crippen LogP contribution in [0.15, 0.2) is 59.1 Å². The molecule has 29 heavy (non-hydrogen) atoms. The molecule has 0 aromatic heterocycles. The van der Waals surface area contributed by atoms with Crippen molar-refractivity contribution in [1.82, 2.24) is 5.32 Å². The lowest BCUT2D eigenvalue weighted by molar-refractivity contribution is -0.121. The van der Waals surface area contributed by atoms with E-state index in [0.717, 1.165) is 17.3 Å². The van der Waals surface area contributed by atoms with E-state index in [4.69, 9.17) is 16.3 Å². The molecule has 2 N–H and O–H groups in total. The summed E-state index contributed by atoms with van der Waals surface area (Å²) in [5, 5.41) is 16.1. The molecule has 1 atom stereocenters. The zero-order valence-corrected chi connectivity index (χ0v) is 17.1. The van der Waals surface area contributed by atoms with Gasteiger partial charge in [0.2, 0.25) is 11.8 Å². The second-order valence-electron chi connectivity index (χ2n) is 6.28. The number of amides is 2. The third-order valence-corrected chi connectivity index (χ3v) is 5.58. The predicted octanol–water partition coefficient (Wildman–Crippen LogP) is 4.06. The number of thioether (sulfide) groups is 1. The van der Waals surface area contributed by atoms with E-state index in [0.29, 0.717) is 27.1 Å². The molecule has 0 saturated heterocycles. The van der Waals surface area contributed by atoms with E-state index < -0.39 is 0 Å². The van der Waals surface area contributed by atoms with Crippen LogP contribution in [0.3, 0.4) is 0 Å². The number of nitrogens with one attached hydrogen (secondary N) is 2. The zero-order valence-electron chi connectivity index (χ0n) is 15.6. The summed E-state index contributed by atoms with van der Waals surface area (Å²) < 4.78 is 5.16. The van der Waals surface area contributed by atoms with Gasteiger partial charge in [-0.2, -0.15) is 5.26 Å². The smallest absolute Gasteiger partial charge is 0.234 e. The lowest BCUT2D eigenvalue weighted by Crippen LogP contribution is -2.31. The molecule has 1 aliphatic heterocycles. The van der Waals surface area contributed by atoms with Crippen LogP contribution >= 0.6 is 23.4 Å². The molecule has 148 valence electrons. The molecule has 0 aliphatic carbocycles. The molecule has 0 unspecified atom stereocenters. The maximum absolute atomic E-state index is 12.3. The van der Waals surface area contributed by atoms with Crippen LogP contribution < -0.4 is 15.4 Å². The monoisotopic (exact) mass is 427 g/mol. The minimum absolute atomic E-state index is 0.0443. The minimum atomic E-state index is -0.363. The van der Waals surface area contributed by atoms with Gasteiger partial charge in [-0.05, 0) is 35.9 Å². The third kappa shape index (κ3) is 5.31. The number of methoxy groups -OCH3 is 1. The second kappa shape index (κ2) is 9.50. The van der Waals surface area contributed by atoms with E-state index in [1.54, 1.807) is 43.5 Å². The van der Waals surface area contributed by atoms with Crippen LogP contribution in [-0.4, -0.2) is 24.7 Å². The lowest BCUT2D eigenvalue weighted by Gasteiger charge is -2.25. The van der Waals surface area contributed by atoms with Crippen molar-refractivity contribution < 1.29 is 14.3 Å². The van der Waals surface area contributed by atoms with Crippen molar-refractivity contribution in [3.63, 3.8) is 0 Å². The number of halogens is 1. The molecule has 0 radical (unpaired) electrons. The minimum Gasteiger partial charge on any atom is -0.497 e. The number of carbonyl (C=O) groups excluding carboxylic acids is 2. The Labute approximate surface area is 177 Å². The number of carbonyl (C=O) groups is 2. The first kappa shape index (κ1) is 20.8. The van der Waals surface area contributed by atoms with Gasteiger partial charge in [-0.3, -0.25) is 9.59 Å². The summed E-state index contributed by atoms with van der Waals surface area (Å²) in [5.74, 6) is -0.0739. The number of anilines is 1. The van der Waals surface area contributed by atoms with Gasteiger partial charge in [0.1, 0.15) is 5.75 Å². The lowest BCUT2D eigenvalue weighted by atomic mass is 9.87. The zero-order chi connectivity index (χ0) is 20.8. The summed E-state index contributed by atoms with van der Waals surface area (Å²) >= 11 is 7.05. The average Bonchev–Trinajstić information content (AvgIpc) is 2.72. The number of allylic oxidation sites excluding steroid dienone is 1. The Hall–Kier alpha value is -2.95. The van der Waals surface area contributed by atoms with Crippen LogP contribution in [-0.2, 0) is 9.59 Å². The van der Waals surface area contributed by atoms with Crippen molar-refractivity contribution in [2.75, 3.05) is 18.2 Å². The third-order valence-electron chi connectivity index (χ3n) is 4.33. The Bertz CT molecular complexity index is 999.